The van der Waals surface area contributed by atoms with Gasteiger partial charge in [0.25, 0.3) is 10.0 Å². The Kier molecular flexibility index (Phi) is 4.63. The van der Waals surface area contributed by atoms with Gasteiger partial charge in [0.2, 0.25) is 0 Å². The highest BCUT2D eigenvalue weighted by Gasteiger charge is 2.26. The maximum absolute atomic E-state index is 13.1. The van der Waals surface area contributed by atoms with Gasteiger partial charge in [-0.2, -0.15) is 0 Å². The fourth-order valence-corrected chi connectivity index (χ4v) is 4.39. The van der Waals surface area contributed by atoms with Gasteiger partial charge in [0.15, 0.2) is 0 Å². The van der Waals surface area contributed by atoms with Gasteiger partial charge in [-0.3, -0.25) is 4.31 Å². The normalized spacial score (nSPS) is 11.4. The molecule has 0 radical (unpaired) electrons. The van der Waals surface area contributed by atoms with E-state index < -0.39 is 21.7 Å². The monoisotopic (exact) mass is 375 g/mol. The molecule has 0 bridgehead atoms. The molecule has 0 aliphatic heterocycles. The first-order valence-corrected chi connectivity index (χ1v) is 8.33. The van der Waals surface area contributed by atoms with Gasteiger partial charge in [-0.15, -0.1) is 0 Å². The highest BCUT2D eigenvalue weighted by Crippen LogP contribution is 2.29. The molecule has 0 unspecified atom stereocenters. The molecule has 0 atom stereocenters. The zero-order valence-electron chi connectivity index (χ0n) is 11.1. The molecule has 112 valence electrons. The summed E-state index contributed by atoms with van der Waals surface area (Å²) in [6.07, 6.45) is 0. The maximum Gasteiger partial charge on any atom is 0.265 e. The largest absolute Gasteiger partial charge is 0.267 e. The second-order valence-corrected chi connectivity index (χ2v) is 6.91. The van der Waals surface area contributed by atoms with Crippen LogP contribution in [0.3, 0.4) is 0 Å². The molecule has 0 aliphatic rings. The van der Waals surface area contributed by atoms with E-state index in [4.69, 9.17) is 0 Å². The molecule has 21 heavy (non-hydrogen) atoms. The van der Waals surface area contributed by atoms with Gasteiger partial charge in [0.05, 0.1) is 5.69 Å². The maximum atomic E-state index is 13.1. The smallest absolute Gasteiger partial charge is 0.265 e. The number of sulfonamides is 1. The van der Waals surface area contributed by atoms with Crippen molar-refractivity contribution < 1.29 is 17.2 Å². The molecule has 0 aromatic heterocycles. The van der Waals surface area contributed by atoms with Crippen LogP contribution < -0.4 is 4.31 Å². The van der Waals surface area contributed by atoms with E-state index in [-0.39, 0.29) is 15.9 Å². The Hall–Kier alpha value is -1.47. The molecule has 3 nitrogen and oxygen atoms in total. The van der Waals surface area contributed by atoms with Crippen LogP contribution in [0, 0.1) is 11.6 Å². The molecule has 0 fully saturated rings. The summed E-state index contributed by atoms with van der Waals surface area (Å²) in [7, 11) is -3.87. The van der Waals surface area contributed by atoms with E-state index >= 15 is 0 Å². The van der Waals surface area contributed by atoms with E-state index in [1.54, 1.807) is 6.92 Å². The van der Waals surface area contributed by atoms with E-state index in [1.165, 1.54) is 30.3 Å². The van der Waals surface area contributed by atoms with Crippen molar-refractivity contribution >= 4 is 31.6 Å². The summed E-state index contributed by atoms with van der Waals surface area (Å²) >= 11 is 3.06. The predicted octanol–water partition coefficient (Wildman–Crippen LogP) is 3.94. The Bertz CT molecular complexity index is 748. The molecule has 0 spiro atoms. The molecule has 0 amide bonds. The van der Waals surface area contributed by atoms with Crippen molar-refractivity contribution in [1.29, 1.82) is 0 Å². The van der Waals surface area contributed by atoms with E-state index in [0.717, 1.165) is 16.4 Å². The van der Waals surface area contributed by atoms with E-state index in [0.29, 0.717) is 5.69 Å². The minimum Gasteiger partial charge on any atom is -0.267 e. The lowest BCUT2D eigenvalue weighted by molar-refractivity contribution is 0.589. The van der Waals surface area contributed by atoms with Crippen molar-refractivity contribution in [3.8, 4) is 0 Å². The Balaban J connectivity index is 2.51. The van der Waals surface area contributed by atoms with Crippen LogP contribution in [0.1, 0.15) is 6.92 Å². The average molecular weight is 376 g/mol. The SMILES string of the molecule is CCN(c1ccc(F)cc1)S(=O)(=O)c1ccc(F)cc1Br. The Morgan fingerprint density at radius 1 is 1.05 bits per heavy atom. The molecule has 0 heterocycles. The van der Waals surface area contributed by atoms with Crippen LogP contribution >= 0.6 is 15.9 Å². The zero-order chi connectivity index (χ0) is 15.6. The summed E-state index contributed by atoms with van der Waals surface area (Å²) in [6.45, 7) is 1.83. The number of anilines is 1. The molecule has 2 rings (SSSR count). The number of halogens is 3. The second kappa shape index (κ2) is 6.11. The lowest BCUT2D eigenvalue weighted by Crippen LogP contribution is -2.31. The van der Waals surface area contributed by atoms with Crippen molar-refractivity contribution in [3.63, 3.8) is 0 Å². The molecule has 0 saturated heterocycles. The van der Waals surface area contributed by atoms with Crippen LogP contribution in [0.4, 0.5) is 14.5 Å². The first kappa shape index (κ1) is 15.9. The van der Waals surface area contributed by atoms with Gasteiger partial charge in [0, 0.05) is 11.0 Å². The highest BCUT2D eigenvalue weighted by atomic mass is 79.9. The summed E-state index contributed by atoms with van der Waals surface area (Å²) in [5, 5.41) is 0. The van der Waals surface area contributed by atoms with Crippen molar-refractivity contribution in [1.82, 2.24) is 0 Å². The van der Waals surface area contributed by atoms with E-state index in [2.05, 4.69) is 15.9 Å². The van der Waals surface area contributed by atoms with Gasteiger partial charge in [-0.05, 0) is 65.3 Å². The van der Waals surface area contributed by atoms with Gasteiger partial charge in [-0.25, -0.2) is 17.2 Å². The molecule has 0 saturated carbocycles. The molecule has 2 aromatic rings. The molecule has 2 aromatic carbocycles. The highest BCUT2D eigenvalue weighted by molar-refractivity contribution is 9.10. The predicted molar refractivity (Wildman–Crippen MR) is 80.7 cm³/mol. The lowest BCUT2D eigenvalue weighted by Gasteiger charge is -2.23. The first-order valence-electron chi connectivity index (χ1n) is 6.09. The summed E-state index contributed by atoms with van der Waals surface area (Å²) in [6, 6.07) is 8.50. The van der Waals surface area contributed by atoms with Gasteiger partial charge < -0.3 is 0 Å². The average Bonchev–Trinajstić information content (AvgIpc) is 2.41. The number of hydrogen-bond donors (Lipinski definition) is 0. The van der Waals surface area contributed by atoms with E-state index in [9.17, 15) is 17.2 Å². The van der Waals surface area contributed by atoms with Crippen LogP contribution in [-0.2, 0) is 10.0 Å². The second-order valence-electron chi connectivity index (χ2n) is 4.22. The van der Waals surface area contributed by atoms with Crippen molar-refractivity contribution in [2.75, 3.05) is 10.8 Å². The minimum absolute atomic E-state index is 0.0462. The standard InChI is InChI=1S/C14H12BrF2NO2S/c1-2-18(12-6-3-10(16)4-7-12)21(19,20)14-8-5-11(17)9-13(14)15/h3-9H,2H2,1H3. The number of rotatable bonds is 4. The lowest BCUT2D eigenvalue weighted by atomic mass is 10.3. The Morgan fingerprint density at radius 3 is 2.14 bits per heavy atom. The van der Waals surface area contributed by atoms with E-state index in [1.807, 2.05) is 0 Å². The Labute approximate surface area is 130 Å². The van der Waals surface area contributed by atoms with Crippen LogP contribution in [0.25, 0.3) is 0 Å². The Morgan fingerprint density at radius 2 is 1.62 bits per heavy atom. The fourth-order valence-electron chi connectivity index (χ4n) is 1.90. The molecular weight excluding hydrogens is 364 g/mol. The molecular formula is C14H12BrF2NO2S. The summed E-state index contributed by atoms with van der Waals surface area (Å²) in [5.74, 6) is -0.985. The molecule has 7 heteroatoms. The fraction of sp³-hybridized carbons (Fsp3) is 0.143. The quantitative estimate of drug-likeness (QED) is 0.811. The summed E-state index contributed by atoms with van der Waals surface area (Å²) in [4.78, 5) is -0.0462. The topological polar surface area (TPSA) is 37.4 Å². The van der Waals surface area contributed by atoms with Gasteiger partial charge >= 0.3 is 0 Å². The summed E-state index contributed by atoms with van der Waals surface area (Å²) in [5.41, 5.74) is 0.343. The van der Waals surface area contributed by atoms with Crippen molar-refractivity contribution in [3.05, 3.63) is 58.6 Å². The van der Waals surface area contributed by atoms with Crippen LogP contribution in [-0.4, -0.2) is 15.0 Å². The van der Waals surface area contributed by atoms with Crippen molar-refractivity contribution in [2.45, 2.75) is 11.8 Å². The van der Waals surface area contributed by atoms with Crippen molar-refractivity contribution in [2.24, 2.45) is 0 Å². The summed E-state index contributed by atoms with van der Waals surface area (Å²) < 4.78 is 52.7. The third-order valence-corrected chi connectivity index (χ3v) is 5.74. The third-order valence-electron chi connectivity index (χ3n) is 2.86. The van der Waals surface area contributed by atoms with Crippen LogP contribution in [0.5, 0.6) is 0 Å². The number of nitrogens with zero attached hydrogens (tertiary/aromatic N) is 1. The van der Waals surface area contributed by atoms with Crippen LogP contribution in [0.2, 0.25) is 0 Å². The molecule has 0 aliphatic carbocycles. The van der Waals surface area contributed by atoms with Gasteiger partial charge in [0.1, 0.15) is 16.5 Å². The third kappa shape index (κ3) is 3.24. The molecule has 0 N–H and O–H groups in total. The number of hydrogen-bond acceptors (Lipinski definition) is 2. The minimum atomic E-state index is -3.87. The first-order chi connectivity index (χ1) is 9.86. The van der Waals surface area contributed by atoms with Gasteiger partial charge in [-0.1, -0.05) is 0 Å². The zero-order valence-corrected chi connectivity index (χ0v) is 13.5. The van der Waals surface area contributed by atoms with Crippen LogP contribution in [0.15, 0.2) is 51.8 Å². The number of benzene rings is 2.